The van der Waals surface area contributed by atoms with Gasteiger partial charge in [-0.2, -0.15) is 0 Å². The van der Waals surface area contributed by atoms with E-state index >= 15 is 0 Å². The van der Waals surface area contributed by atoms with Crippen molar-refractivity contribution in [1.82, 2.24) is 24.8 Å². The molecule has 0 N–H and O–H groups in total. The molecule has 0 saturated carbocycles. The van der Waals surface area contributed by atoms with E-state index in [1.165, 1.54) is 5.56 Å². The van der Waals surface area contributed by atoms with Crippen LogP contribution in [0.15, 0.2) is 68.9 Å². The normalized spacial score (nSPS) is 12.5. The average molecular weight is 424 g/mol. The molecule has 1 aromatic carbocycles. The van der Waals surface area contributed by atoms with Crippen LogP contribution in [0.2, 0.25) is 0 Å². The zero-order valence-electron chi connectivity index (χ0n) is 17.4. The van der Waals surface area contributed by atoms with Gasteiger partial charge in [-0.15, -0.1) is 10.2 Å². The molecule has 3 aromatic heterocycles. The monoisotopic (exact) mass is 423 g/mol. The van der Waals surface area contributed by atoms with Crippen LogP contribution in [-0.2, 0) is 12.3 Å². The third-order valence-corrected chi connectivity index (χ3v) is 5.91. The Hall–Kier alpha value is -2.84. The number of furan rings is 1. The molecule has 0 spiro atoms. The molecule has 156 valence electrons. The summed E-state index contributed by atoms with van der Waals surface area (Å²) in [7, 11) is 4.15. The summed E-state index contributed by atoms with van der Waals surface area (Å²) < 4.78 is 13.0. The van der Waals surface area contributed by atoms with Gasteiger partial charge in [0, 0.05) is 11.8 Å². The Morgan fingerprint density at radius 2 is 1.90 bits per heavy atom. The van der Waals surface area contributed by atoms with Crippen LogP contribution < -0.4 is 0 Å². The quantitative estimate of drug-likeness (QED) is 0.355. The van der Waals surface area contributed by atoms with Crippen molar-refractivity contribution in [2.75, 3.05) is 14.1 Å². The van der Waals surface area contributed by atoms with Crippen molar-refractivity contribution in [2.24, 2.45) is 0 Å². The number of thioether (sulfide) groups is 1. The van der Waals surface area contributed by atoms with Crippen molar-refractivity contribution < 1.29 is 8.94 Å². The predicted octanol–water partition coefficient (Wildman–Crippen LogP) is 4.88. The van der Waals surface area contributed by atoms with E-state index in [0.717, 1.165) is 29.6 Å². The topological polar surface area (TPSA) is 73.1 Å². The summed E-state index contributed by atoms with van der Waals surface area (Å²) in [5.74, 6) is 2.91. The number of aromatic nitrogens is 4. The van der Waals surface area contributed by atoms with E-state index in [9.17, 15) is 0 Å². The van der Waals surface area contributed by atoms with Crippen LogP contribution in [0.4, 0.5) is 0 Å². The fourth-order valence-corrected chi connectivity index (χ4v) is 4.23. The molecule has 0 aliphatic rings. The molecular formula is C22H25N5O2S. The van der Waals surface area contributed by atoms with Crippen molar-refractivity contribution in [2.45, 2.75) is 36.8 Å². The van der Waals surface area contributed by atoms with Crippen molar-refractivity contribution in [1.29, 1.82) is 0 Å². The zero-order valence-corrected chi connectivity index (χ0v) is 18.2. The van der Waals surface area contributed by atoms with E-state index in [1.807, 2.05) is 24.3 Å². The molecule has 7 nitrogen and oxygen atoms in total. The standard InChI is InChI=1S/C22H25N5O2S/c1-4-18(26(2)3)21-23-24-22(27(21)14-16-9-6-5-7-10-16)30-15-17-13-20(29-25-17)19-11-8-12-28-19/h5-13,18H,4,14-15H2,1-3H3/t18-/m0/s1. The van der Waals surface area contributed by atoms with Gasteiger partial charge in [-0.1, -0.05) is 54.2 Å². The first-order valence-electron chi connectivity index (χ1n) is 9.91. The van der Waals surface area contributed by atoms with Crippen LogP contribution in [0.25, 0.3) is 11.5 Å². The first kappa shape index (κ1) is 20.4. The van der Waals surface area contributed by atoms with Gasteiger partial charge in [0.05, 0.1) is 24.5 Å². The number of hydrogen-bond donors (Lipinski definition) is 0. The first-order valence-corrected chi connectivity index (χ1v) is 10.9. The average Bonchev–Trinajstić information content (AvgIpc) is 3.49. The van der Waals surface area contributed by atoms with Crippen LogP contribution in [0.1, 0.15) is 36.5 Å². The third-order valence-electron chi connectivity index (χ3n) is 4.91. The van der Waals surface area contributed by atoms with Crippen molar-refractivity contribution in [3.05, 3.63) is 71.9 Å². The molecule has 0 aliphatic heterocycles. The van der Waals surface area contributed by atoms with Gasteiger partial charge in [-0.3, -0.25) is 4.90 Å². The van der Waals surface area contributed by atoms with Crippen LogP contribution in [0.3, 0.4) is 0 Å². The lowest BCUT2D eigenvalue weighted by molar-refractivity contribution is 0.272. The van der Waals surface area contributed by atoms with Gasteiger partial charge >= 0.3 is 0 Å². The maximum Gasteiger partial charge on any atom is 0.202 e. The highest BCUT2D eigenvalue weighted by molar-refractivity contribution is 7.98. The summed E-state index contributed by atoms with van der Waals surface area (Å²) >= 11 is 1.61. The van der Waals surface area contributed by atoms with E-state index in [2.05, 4.69) is 70.1 Å². The zero-order chi connectivity index (χ0) is 20.9. The highest BCUT2D eigenvalue weighted by atomic mass is 32.2. The maximum atomic E-state index is 5.41. The Morgan fingerprint density at radius 1 is 1.07 bits per heavy atom. The molecule has 4 aromatic rings. The van der Waals surface area contributed by atoms with Crippen LogP contribution in [0, 0.1) is 0 Å². The van der Waals surface area contributed by atoms with Gasteiger partial charge in [0.2, 0.25) is 5.76 Å². The van der Waals surface area contributed by atoms with Crippen molar-refractivity contribution in [3.8, 4) is 11.5 Å². The smallest absolute Gasteiger partial charge is 0.202 e. The Bertz CT molecular complexity index is 1060. The lowest BCUT2D eigenvalue weighted by atomic mass is 10.2. The molecule has 30 heavy (non-hydrogen) atoms. The highest BCUT2D eigenvalue weighted by Gasteiger charge is 2.22. The van der Waals surface area contributed by atoms with Gasteiger partial charge < -0.3 is 13.5 Å². The summed E-state index contributed by atoms with van der Waals surface area (Å²) in [6, 6.07) is 16.2. The minimum Gasteiger partial charge on any atom is -0.461 e. The lowest BCUT2D eigenvalue weighted by Gasteiger charge is -2.23. The number of nitrogens with zero attached hydrogens (tertiary/aromatic N) is 5. The number of hydrogen-bond acceptors (Lipinski definition) is 7. The van der Waals surface area contributed by atoms with E-state index in [0.29, 0.717) is 17.3 Å². The molecule has 0 saturated heterocycles. The molecule has 3 heterocycles. The molecule has 0 radical (unpaired) electrons. The second kappa shape index (κ2) is 9.32. The van der Waals surface area contributed by atoms with E-state index in [4.69, 9.17) is 8.94 Å². The Balaban J connectivity index is 1.57. The Kier molecular flexibility index (Phi) is 6.35. The van der Waals surface area contributed by atoms with Gasteiger partial charge in [0.25, 0.3) is 0 Å². The van der Waals surface area contributed by atoms with E-state index < -0.39 is 0 Å². The second-order valence-electron chi connectivity index (χ2n) is 7.25. The van der Waals surface area contributed by atoms with Crippen LogP contribution in [0.5, 0.6) is 0 Å². The maximum absolute atomic E-state index is 5.41. The predicted molar refractivity (Wildman–Crippen MR) is 116 cm³/mol. The molecule has 0 bridgehead atoms. The van der Waals surface area contributed by atoms with Crippen LogP contribution in [-0.4, -0.2) is 38.9 Å². The fourth-order valence-electron chi connectivity index (χ4n) is 3.40. The van der Waals surface area contributed by atoms with Gasteiger partial charge in [-0.05, 0) is 38.2 Å². The summed E-state index contributed by atoms with van der Waals surface area (Å²) in [4.78, 5) is 2.19. The van der Waals surface area contributed by atoms with E-state index in [-0.39, 0.29) is 6.04 Å². The van der Waals surface area contributed by atoms with E-state index in [1.54, 1.807) is 18.0 Å². The molecule has 8 heteroatoms. The summed E-state index contributed by atoms with van der Waals surface area (Å²) in [5, 5.41) is 14.1. The molecule has 0 amide bonds. The number of rotatable bonds is 9. The SMILES string of the molecule is CC[C@@H](c1nnc(SCc2cc(-c3ccco3)on2)n1Cc1ccccc1)N(C)C. The molecule has 0 aliphatic carbocycles. The summed E-state index contributed by atoms with van der Waals surface area (Å²) in [6.07, 6.45) is 2.58. The largest absolute Gasteiger partial charge is 0.461 e. The summed E-state index contributed by atoms with van der Waals surface area (Å²) in [6.45, 7) is 2.90. The Morgan fingerprint density at radius 3 is 2.60 bits per heavy atom. The van der Waals surface area contributed by atoms with Crippen molar-refractivity contribution in [3.63, 3.8) is 0 Å². The first-order chi connectivity index (χ1) is 14.7. The van der Waals surface area contributed by atoms with Crippen LogP contribution >= 0.6 is 11.8 Å². The molecule has 0 fully saturated rings. The molecule has 1 atom stereocenters. The third kappa shape index (κ3) is 4.49. The minimum atomic E-state index is 0.202. The fraction of sp³-hybridized carbons (Fsp3) is 0.318. The van der Waals surface area contributed by atoms with Gasteiger partial charge in [0.1, 0.15) is 0 Å². The second-order valence-corrected chi connectivity index (χ2v) is 8.19. The number of benzene rings is 1. The molecular weight excluding hydrogens is 398 g/mol. The lowest BCUT2D eigenvalue weighted by Crippen LogP contribution is -2.23. The highest BCUT2D eigenvalue weighted by Crippen LogP contribution is 2.29. The van der Waals surface area contributed by atoms with Gasteiger partial charge in [0.15, 0.2) is 16.7 Å². The Labute approximate surface area is 180 Å². The van der Waals surface area contributed by atoms with Crippen molar-refractivity contribution >= 4 is 11.8 Å². The molecule has 4 rings (SSSR count). The van der Waals surface area contributed by atoms with Gasteiger partial charge in [-0.25, -0.2) is 0 Å². The summed E-state index contributed by atoms with van der Waals surface area (Å²) in [5.41, 5.74) is 2.05. The molecule has 0 unspecified atom stereocenters. The minimum absolute atomic E-state index is 0.202.